The Morgan fingerprint density at radius 1 is 1.20 bits per heavy atom. The lowest BCUT2D eigenvalue weighted by Gasteiger charge is -2.27. The Balaban J connectivity index is 1.98. The molecule has 0 saturated heterocycles. The first kappa shape index (κ1) is 15.0. The maximum atomic E-state index is 12.2. The summed E-state index contributed by atoms with van der Waals surface area (Å²) in [6, 6.07) is 10.3. The van der Waals surface area contributed by atoms with E-state index in [1.807, 2.05) is 18.2 Å². The molecule has 1 aromatic rings. The average molecular weight is 272 g/mol. The molecule has 108 valence electrons. The molecule has 20 heavy (non-hydrogen) atoms. The molecule has 0 spiro atoms. The monoisotopic (exact) mass is 272 g/mol. The van der Waals surface area contributed by atoms with Crippen LogP contribution in [0.2, 0.25) is 0 Å². The molecule has 2 unspecified atom stereocenters. The van der Waals surface area contributed by atoms with Gasteiger partial charge in [-0.25, -0.2) is 0 Å². The minimum absolute atomic E-state index is 0.165. The smallest absolute Gasteiger partial charge is 0.143 e. The van der Waals surface area contributed by atoms with Gasteiger partial charge in [-0.2, -0.15) is 0 Å². The standard InChI is InChI=1S/C18H24O2/c1-2-3-5-10-17(19)16-13-15(11-12-18(16)20)14-8-6-4-7-9-14/h4,6-9,15-16H,2-3,5,10-13H2,1H3. The Hall–Kier alpha value is -1.44. The van der Waals surface area contributed by atoms with E-state index in [-0.39, 0.29) is 17.5 Å². The Morgan fingerprint density at radius 3 is 2.65 bits per heavy atom. The molecule has 2 atom stereocenters. The van der Waals surface area contributed by atoms with E-state index in [0.29, 0.717) is 25.2 Å². The van der Waals surface area contributed by atoms with Gasteiger partial charge in [0.05, 0.1) is 5.92 Å². The highest BCUT2D eigenvalue weighted by molar-refractivity contribution is 6.02. The highest BCUT2D eigenvalue weighted by Gasteiger charge is 2.33. The van der Waals surface area contributed by atoms with Crippen molar-refractivity contribution in [1.82, 2.24) is 0 Å². The molecule has 1 fully saturated rings. The normalized spacial score (nSPS) is 22.8. The van der Waals surface area contributed by atoms with Crippen molar-refractivity contribution in [3.05, 3.63) is 35.9 Å². The SMILES string of the molecule is CCCCCC(=O)C1CC(c2ccccc2)CCC1=O. The zero-order valence-corrected chi connectivity index (χ0v) is 12.3. The van der Waals surface area contributed by atoms with Crippen LogP contribution >= 0.6 is 0 Å². The van der Waals surface area contributed by atoms with E-state index in [1.165, 1.54) is 5.56 Å². The summed E-state index contributed by atoms with van der Waals surface area (Å²) >= 11 is 0. The fourth-order valence-corrected chi connectivity index (χ4v) is 3.09. The van der Waals surface area contributed by atoms with Gasteiger partial charge in [-0.15, -0.1) is 0 Å². The van der Waals surface area contributed by atoms with Crippen molar-refractivity contribution in [2.75, 3.05) is 0 Å². The maximum Gasteiger partial charge on any atom is 0.143 e. The van der Waals surface area contributed by atoms with E-state index in [4.69, 9.17) is 0 Å². The van der Waals surface area contributed by atoms with Gasteiger partial charge in [0.1, 0.15) is 11.6 Å². The van der Waals surface area contributed by atoms with Crippen LogP contribution in [-0.2, 0) is 9.59 Å². The summed E-state index contributed by atoms with van der Waals surface area (Å²) in [5, 5.41) is 0. The number of hydrogen-bond acceptors (Lipinski definition) is 2. The van der Waals surface area contributed by atoms with E-state index in [0.717, 1.165) is 25.7 Å². The number of unbranched alkanes of at least 4 members (excludes halogenated alkanes) is 2. The van der Waals surface area contributed by atoms with Crippen molar-refractivity contribution in [3.63, 3.8) is 0 Å². The molecule has 0 aromatic heterocycles. The lowest BCUT2D eigenvalue weighted by Crippen LogP contribution is -2.30. The third-order valence-corrected chi connectivity index (χ3v) is 4.33. The Bertz CT molecular complexity index is 450. The van der Waals surface area contributed by atoms with Crippen LogP contribution in [0.5, 0.6) is 0 Å². The minimum atomic E-state index is -0.342. The number of Topliss-reactive ketones (excluding diaryl/α,β-unsaturated/α-hetero) is 2. The first-order valence-corrected chi connectivity index (χ1v) is 7.82. The van der Waals surface area contributed by atoms with Crippen molar-refractivity contribution in [1.29, 1.82) is 0 Å². The van der Waals surface area contributed by atoms with Crippen molar-refractivity contribution < 1.29 is 9.59 Å². The fourth-order valence-electron chi connectivity index (χ4n) is 3.09. The zero-order valence-electron chi connectivity index (χ0n) is 12.3. The van der Waals surface area contributed by atoms with E-state index in [2.05, 4.69) is 19.1 Å². The predicted molar refractivity (Wildman–Crippen MR) is 80.7 cm³/mol. The lowest BCUT2D eigenvalue weighted by atomic mass is 9.75. The molecular formula is C18H24O2. The van der Waals surface area contributed by atoms with Crippen LogP contribution in [0.15, 0.2) is 30.3 Å². The third-order valence-electron chi connectivity index (χ3n) is 4.33. The summed E-state index contributed by atoms with van der Waals surface area (Å²) < 4.78 is 0. The van der Waals surface area contributed by atoms with Gasteiger partial charge >= 0.3 is 0 Å². The first-order chi connectivity index (χ1) is 9.72. The summed E-state index contributed by atoms with van der Waals surface area (Å²) in [4.78, 5) is 24.3. The highest BCUT2D eigenvalue weighted by atomic mass is 16.1. The molecule has 2 rings (SSSR count). The summed E-state index contributed by atoms with van der Waals surface area (Å²) in [6.07, 6.45) is 5.85. The molecular weight excluding hydrogens is 248 g/mol. The second-order valence-corrected chi connectivity index (χ2v) is 5.82. The van der Waals surface area contributed by atoms with Gasteiger partial charge in [-0.3, -0.25) is 9.59 Å². The van der Waals surface area contributed by atoms with Gasteiger partial charge in [0.2, 0.25) is 0 Å². The Morgan fingerprint density at radius 2 is 1.95 bits per heavy atom. The van der Waals surface area contributed by atoms with E-state index >= 15 is 0 Å². The molecule has 1 aromatic carbocycles. The van der Waals surface area contributed by atoms with Crippen molar-refractivity contribution in [3.8, 4) is 0 Å². The number of carbonyl (C=O) groups excluding carboxylic acids is 2. The van der Waals surface area contributed by atoms with Gasteiger partial charge in [0.25, 0.3) is 0 Å². The van der Waals surface area contributed by atoms with Crippen LogP contribution in [0.25, 0.3) is 0 Å². The van der Waals surface area contributed by atoms with E-state index < -0.39 is 0 Å². The van der Waals surface area contributed by atoms with Crippen LogP contribution in [-0.4, -0.2) is 11.6 Å². The summed E-state index contributed by atoms with van der Waals surface area (Å²) in [5.74, 6) is 0.364. The fraction of sp³-hybridized carbons (Fsp3) is 0.556. The molecule has 0 N–H and O–H groups in total. The van der Waals surface area contributed by atoms with Crippen molar-refractivity contribution in [2.45, 2.75) is 57.8 Å². The number of ketones is 2. The van der Waals surface area contributed by atoms with Crippen LogP contribution in [0.1, 0.15) is 63.4 Å². The molecule has 0 heterocycles. The van der Waals surface area contributed by atoms with Crippen molar-refractivity contribution >= 4 is 11.6 Å². The van der Waals surface area contributed by atoms with Crippen LogP contribution in [0.3, 0.4) is 0 Å². The van der Waals surface area contributed by atoms with Gasteiger partial charge in [0, 0.05) is 12.8 Å². The van der Waals surface area contributed by atoms with Crippen LogP contribution < -0.4 is 0 Å². The largest absolute Gasteiger partial charge is 0.299 e. The molecule has 1 saturated carbocycles. The maximum absolute atomic E-state index is 12.2. The molecule has 0 bridgehead atoms. The summed E-state index contributed by atoms with van der Waals surface area (Å²) in [6.45, 7) is 2.13. The highest BCUT2D eigenvalue weighted by Crippen LogP contribution is 2.35. The second-order valence-electron chi connectivity index (χ2n) is 5.82. The zero-order chi connectivity index (χ0) is 14.4. The third kappa shape index (κ3) is 3.78. The Labute approximate surface area is 121 Å². The molecule has 0 radical (unpaired) electrons. The van der Waals surface area contributed by atoms with Crippen molar-refractivity contribution in [2.24, 2.45) is 5.92 Å². The number of rotatable bonds is 6. The minimum Gasteiger partial charge on any atom is -0.299 e. The van der Waals surface area contributed by atoms with Gasteiger partial charge in [-0.05, 0) is 30.7 Å². The van der Waals surface area contributed by atoms with E-state index in [1.54, 1.807) is 0 Å². The average Bonchev–Trinajstić information content (AvgIpc) is 2.49. The first-order valence-electron chi connectivity index (χ1n) is 7.82. The molecule has 2 nitrogen and oxygen atoms in total. The van der Waals surface area contributed by atoms with Crippen LogP contribution in [0, 0.1) is 5.92 Å². The van der Waals surface area contributed by atoms with Crippen LogP contribution in [0.4, 0.5) is 0 Å². The van der Waals surface area contributed by atoms with Gasteiger partial charge in [-0.1, -0.05) is 50.1 Å². The molecule has 1 aliphatic rings. The predicted octanol–water partition coefficient (Wildman–Crippen LogP) is 4.29. The molecule has 0 amide bonds. The Kier molecular flexibility index (Phi) is 5.51. The van der Waals surface area contributed by atoms with E-state index in [9.17, 15) is 9.59 Å². The van der Waals surface area contributed by atoms with Gasteiger partial charge < -0.3 is 0 Å². The molecule has 0 aliphatic heterocycles. The van der Waals surface area contributed by atoms with Gasteiger partial charge in [0.15, 0.2) is 0 Å². The number of hydrogen-bond donors (Lipinski definition) is 0. The number of benzene rings is 1. The molecule has 1 aliphatic carbocycles. The molecule has 2 heteroatoms. The topological polar surface area (TPSA) is 34.1 Å². The lowest BCUT2D eigenvalue weighted by molar-refractivity contribution is -0.134. The summed E-state index contributed by atoms with van der Waals surface area (Å²) in [5.41, 5.74) is 1.27. The quantitative estimate of drug-likeness (QED) is 0.572. The number of carbonyl (C=O) groups is 2. The summed E-state index contributed by atoms with van der Waals surface area (Å²) in [7, 11) is 0. The second kappa shape index (κ2) is 7.37.